The highest BCUT2D eigenvalue weighted by molar-refractivity contribution is 14.0. The molecule has 1 aromatic rings. The lowest BCUT2D eigenvalue weighted by Gasteiger charge is -2.34. The van der Waals surface area contributed by atoms with Gasteiger partial charge in [0.25, 0.3) is 0 Å². The fourth-order valence-corrected chi connectivity index (χ4v) is 3.27. The van der Waals surface area contributed by atoms with Gasteiger partial charge in [0.2, 0.25) is 0 Å². The summed E-state index contributed by atoms with van der Waals surface area (Å²) < 4.78 is 0. The first kappa shape index (κ1) is 21.0. The van der Waals surface area contributed by atoms with Crippen LogP contribution < -0.4 is 15.5 Å². The number of aromatic nitrogens is 1. The molecule has 1 saturated heterocycles. The van der Waals surface area contributed by atoms with Crippen molar-refractivity contribution in [2.24, 2.45) is 4.99 Å². The summed E-state index contributed by atoms with van der Waals surface area (Å²) in [7, 11) is 2.17. The van der Waals surface area contributed by atoms with Crippen LogP contribution in [0.4, 0.5) is 5.82 Å². The summed E-state index contributed by atoms with van der Waals surface area (Å²) >= 11 is 0. The summed E-state index contributed by atoms with van der Waals surface area (Å²) in [6.07, 6.45) is 8.49. The van der Waals surface area contributed by atoms with E-state index in [1.165, 1.54) is 5.56 Å². The van der Waals surface area contributed by atoms with E-state index in [2.05, 4.69) is 57.6 Å². The first-order valence-electron chi connectivity index (χ1n) is 9.33. The van der Waals surface area contributed by atoms with Crippen LogP contribution in [0.15, 0.2) is 35.5 Å². The molecule has 144 valence electrons. The van der Waals surface area contributed by atoms with Gasteiger partial charge in [0.1, 0.15) is 5.82 Å². The van der Waals surface area contributed by atoms with Gasteiger partial charge in [-0.2, -0.15) is 0 Å². The second kappa shape index (κ2) is 10.7. The Labute approximate surface area is 174 Å². The molecule has 1 aliphatic carbocycles. The number of rotatable bonds is 5. The number of pyridine rings is 1. The maximum absolute atomic E-state index is 4.81. The molecule has 1 fully saturated rings. The zero-order valence-corrected chi connectivity index (χ0v) is 18.1. The summed E-state index contributed by atoms with van der Waals surface area (Å²) in [6, 6.07) is 4.61. The molecule has 0 bridgehead atoms. The molecule has 0 atom stereocenters. The number of hydrogen-bond acceptors (Lipinski definition) is 4. The van der Waals surface area contributed by atoms with Gasteiger partial charge in [-0.05, 0) is 32.9 Å². The Hall–Kier alpha value is -1.35. The normalized spacial score (nSPS) is 18.7. The second-order valence-electron chi connectivity index (χ2n) is 6.76. The van der Waals surface area contributed by atoms with Crippen LogP contribution in [-0.4, -0.2) is 61.7 Å². The maximum atomic E-state index is 4.81. The molecule has 0 radical (unpaired) electrons. The molecule has 0 aromatic carbocycles. The Bertz CT molecular complexity index is 602. The molecule has 0 spiro atoms. The largest absolute Gasteiger partial charge is 0.357 e. The number of nitrogens with zero attached hydrogens (tertiary/aromatic N) is 4. The lowest BCUT2D eigenvalue weighted by molar-refractivity contribution is 0.312. The molecule has 2 heterocycles. The van der Waals surface area contributed by atoms with Crippen LogP contribution in [0.5, 0.6) is 0 Å². The predicted octanol–water partition coefficient (Wildman–Crippen LogP) is 2.23. The van der Waals surface area contributed by atoms with Gasteiger partial charge in [-0.25, -0.2) is 9.98 Å². The first-order chi connectivity index (χ1) is 12.3. The lowest BCUT2D eigenvalue weighted by Crippen LogP contribution is -2.45. The van der Waals surface area contributed by atoms with Crippen molar-refractivity contribution in [3.05, 3.63) is 36.0 Å². The third kappa shape index (κ3) is 5.84. The van der Waals surface area contributed by atoms with Crippen LogP contribution in [0.1, 0.15) is 25.3 Å². The lowest BCUT2D eigenvalue weighted by atomic mass is 10.2. The minimum Gasteiger partial charge on any atom is -0.357 e. The minimum atomic E-state index is 0. The van der Waals surface area contributed by atoms with E-state index >= 15 is 0 Å². The monoisotopic (exact) mass is 470 g/mol. The smallest absolute Gasteiger partial charge is 0.191 e. The fourth-order valence-electron chi connectivity index (χ4n) is 3.27. The number of hydrogen-bond donors (Lipinski definition) is 2. The third-order valence-corrected chi connectivity index (χ3v) is 4.77. The van der Waals surface area contributed by atoms with Crippen LogP contribution in [-0.2, 0) is 6.54 Å². The van der Waals surface area contributed by atoms with E-state index in [1.54, 1.807) is 0 Å². The van der Waals surface area contributed by atoms with E-state index in [0.29, 0.717) is 12.6 Å². The van der Waals surface area contributed by atoms with Gasteiger partial charge < -0.3 is 20.4 Å². The molecule has 1 aliphatic heterocycles. The summed E-state index contributed by atoms with van der Waals surface area (Å²) in [5, 5.41) is 6.88. The average molecular weight is 470 g/mol. The average Bonchev–Trinajstić information content (AvgIpc) is 3.14. The van der Waals surface area contributed by atoms with Crippen molar-refractivity contribution in [2.75, 3.05) is 44.7 Å². The van der Waals surface area contributed by atoms with Gasteiger partial charge in [0.05, 0.1) is 6.54 Å². The number of guanidine groups is 1. The van der Waals surface area contributed by atoms with Crippen molar-refractivity contribution in [1.29, 1.82) is 0 Å². The summed E-state index contributed by atoms with van der Waals surface area (Å²) in [6.45, 7) is 7.82. The van der Waals surface area contributed by atoms with E-state index in [9.17, 15) is 0 Å². The van der Waals surface area contributed by atoms with Crippen LogP contribution in [0, 0.1) is 0 Å². The third-order valence-electron chi connectivity index (χ3n) is 4.77. The Morgan fingerprint density at radius 3 is 2.65 bits per heavy atom. The maximum Gasteiger partial charge on any atom is 0.191 e. The van der Waals surface area contributed by atoms with Crippen molar-refractivity contribution >= 4 is 35.8 Å². The van der Waals surface area contributed by atoms with Crippen LogP contribution >= 0.6 is 24.0 Å². The molecule has 26 heavy (non-hydrogen) atoms. The molecule has 2 N–H and O–H groups in total. The van der Waals surface area contributed by atoms with E-state index in [1.807, 2.05) is 12.3 Å². The fraction of sp³-hybridized carbons (Fsp3) is 0.579. The molecule has 2 aliphatic rings. The number of piperazine rings is 1. The molecular weight excluding hydrogens is 439 g/mol. The van der Waals surface area contributed by atoms with Crippen molar-refractivity contribution < 1.29 is 0 Å². The Balaban J connectivity index is 0.00000243. The second-order valence-corrected chi connectivity index (χ2v) is 6.76. The highest BCUT2D eigenvalue weighted by Crippen LogP contribution is 2.19. The summed E-state index contributed by atoms with van der Waals surface area (Å²) in [4.78, 5) is 14.2. The van der Waals surface area contributed by atoms with E-state index in [0.717, 1.165) is 57.3 Å². The Kier molecular flexibility index (Phi) is 8.64. The molecule has 7 heteroatoms. The zero-order valence-electron chi connectivity index (χ0n) is 15.8. The zero-order chi connectivity index (χ0) is 17.5. The van der Waals surface area contributed by atoms with Crippen LogP contribution in [0.3, 0.4) is 0 Å². The Morgan fingerprint density at radius 1 is 1.23 bits per heavy atom. The molecular formula is C19H31IN6. The summed E-state index contributed by atoms with van der Waals surface area (Å²) in [5.41, 5.74) is 1.19. The van der Waals surface area contributed by atoms with Gasteiger partial charge in [-0.1, -0.05) is 18.2 Å². The topological polar surface area (TPSA) is 55.8 Å². The van der Waals surface area contributed by atoms with Crippen molar-refractivity contribution in [1.82, 2.24) is 20.5 Å². The van der Waals surface area contributed by atoms with Crippen LogP contribution in [0.25, 0.3) is 0 Å². The molecule has 0 unspecified atom stereocenters. The first-order valence-corrected chi connectivity index (χ1v) is 9.33. The highest BCUT2D eigenvalue weighted by Gasteiger charge is 2.18. The summed E-state index contributed by atoms with van der Waals surface area (Å²) in [5.74, 6) is 1.97. The predicted molar refractivity (Wildman–Crippen MR) is 119 cm³/mol. The number of likely N-dealkylation sites (N-methyl/N-ethyl adjacent to an activating group) is 1. The number of aliphatic imine (C=N–C) groups is 1. The van der Waals surface area contributed by atoms with Crippen molar-refractivity contribution in [3.63, 3.8) is 0 Å². The van der Waals surface area contributed by atoms with Gasteiger partial charge in [0, 0.05) is 50.5 Å². The Morgan fingerprint density at radius 2 is 1.96 bits per heavy atom. The standard InChI is InChI=1S/C19H30N6.HI/c1-3-20-19(23-17-8-4-5-9-17)22-15-16-7-6-10-21-18(16)25-13-11-24(2)12-14-25;/h4-7,10,17H,3,8-9,11-15H2,1-2H3,(H2,20,22,23);1H. The van der Waals surface area contributed by atoms with Crippen molar-refractivity contribution in [2.45, 2.75) is 32.4 Å². The number of halogens is 1. The van der Waals surface area contributed by atoms with Gasteiger partial charge in [-0.15, -0.1) is 24.0 Å². The van der Waals surface area contributed by atoms with Crippen LogP contribution in [0.2, 0.25) is 0 Å². The van der Waals surface area contributed by atoms with Crippen molar-refractivity contribution in [3.8, 4) is 0 Å². The van der Waals surface area contributed by atoms with E-state index < -0.39 is 0 Å². The van der Waals surface area contributed by atoms with E-state index in [-0.39, 0.29) is 24.0 Å². The minimum absolute atomic E-state index is 0. The van der Waals surface area contributed by atoms with Gasteiger partial charge in [-0.3, -0.25) is 0 Å². The molecule has 0 saturated carbocycles. The van der Waals surface area contributed by atoms with E-state index in [4.69, 9.17) is 4.99 Å². The van der Waals surface area contributed by atoms with Gasteiger partial charge in [0.15, 0.2) is 5.96 Å². The molecule has 0 amide bonds. The highest BCUT2D eigenvalue weighted by atomic mass is 127. The SMILES string of the molecule is CCNC(=NCc1cccnc1N1CCN(C)CC1)NC1CC=CC1.I. The van der Waals surface area contributed by atoms with Gasteiger partial charge >= 0.3 is 0 Å². The number of anilines is 1. The molecule has 3 rings (SSSR count). The number of nitrogens with one attached hydrogen (secondary N) is 2. The molecule has 1 aromatic heterocycles. The quantitative estimate of drug-likeness (QED) is 0.299. The molecule has 6 nitrogen and oxygen atoms in total.